The number of para-hydroxylation sites is 2. The SMILES string of the molecule is O=[N+]([O-])c1cc(S(=O)(=O)Nc2ccccc2)ccc1N/N=C\c1cn(-c2ccccc2)nc1-c1ccccc1. The van der Waals surface area contributed by atoms with Gasteiger partial charge in [0, 0.05) is 29.1 Å². The highest BCUT2D eigenvalue weighted by atomic mass is 32.2. The van der Waals surface area contributed by atoms with Gasteiger partial charge in [0.15, 0.2) is 0 Å². The van der Waals surface area contributed by atoms with Gasteiger partial charge in [-0.25, -0.2) is 13.1 Å². The Morgan fingerprint density at radius 2 is 1.51 bits per heavy atom. The summed E-state index contributed by atoms with van der Waals surface area (Å²) in [5.41, 5.74) is 5.70. The molecule has 0 amide bonds. The van der Waals surface area contributed by atoms with Crippen molar-refractivity contribution in [3.8, 4) is 16.9 Å². The van der Waals surface area contributed by atoms with Crippen molar-refractivity contribution in [3.05, 3.63) is 131 Å². The predicted molar refractivity (Wildman–Crippen MR) is 151 cm³/mol. The van der Waals surface area contributed by atoms with Gasteiger partial charge in [-0.05, 0) is 36.4 Å². The molecule has 0 atom stereocenters. The van der Waals surface area contributed by atoms with Crippen molar-refractivity contribution in [1.82, 2.24) is 9.78 Å². The van der Waals surface area contributed by atoms with E-state index in [0.717, 1.165) is 17.3 Å². The van der Waals surface area contributed by atoms with Crippen molar-refractivity contribution in [2.75, 3.05) is 10.1 Å². The summed E-state index contributed by atoms with van der Waals surface area (Å²) in [6.45, 7) is 0. The summed E-state index contributed by atoms with van der Waals surface area (Å²) in [7, 11) is -4.04. The summed E-state index contributed by atoms with van der Waals surface area (Å²) in [5, 5.41) is 20.7. The number of hydrogen-bond acceptors (Lipinski definition) is 7. The van der Waals surface area contributed by atoms with Crippen molar-refractivity contribution >= 4 is 33.3 Å². The van der Waals surface area contributed by atoms with Crippen molar-refractivity contribution in [2.24, 2.45) is 5.10 Å². The van der Waals surface area contributed by atoms with Crippen molar-refractivity contribution < 1.29 is 13.3 Å². The van der Waals surface area contributed by atoms with Crippen LogP contribution in [0, 0.1) is 10.1 Å². The van der Waals surface area contributed by atoms with Gasteiger partial charge in [-0.1, -0.05) is 66.7 Å². The first-order valence-electron chi connectivity index (χ1n) is 11.8. The van der Waals surface area contributed by atoms with Crippen molar-refractivity contribution in [3.63, 3.8) is 0 Å². The molecular weight excluding hydrogens is 516 g/mol. The number of hydrogen-bond donors (Lipinski definition) is 2. The van der Waals surface area contributed by atoms with E-state index in [9.17, 15) is 18.5 Å². The average Bonchev–Trinajstić information content (AvgIpc) is 3.38. The van der Waals surface area contributed by atoms with E-state index in [1.807, 2.05) is 66.9 Å². The molecule has 4 aromatic carbocycles. The maximum Gasteiger partial charge on any atom is 0.295 e. The van der Waals surface area contributed by atoms with Gasteiger partial charge in [-0.15, -0.1) is 0 Å². The average molecular weight is 539 g/mol. The van der Waals surface area contributed by atoms with Gasteiger partial charge in [0.05, 0.1) is 21.7 Å². The van der Waals surface area contributed by atoms with Crippen LogP contribution in [0.1, 0.15) is 5.56 Å². The molecule has 0 radical (unpaired) electrons. The van der Waals surface area contributed by atoms with Gasteiger partial charge in [0.25, 0.3) is 15.7 Å². The Bertz CT molecular complexity index is 1740. The van der Waals surface area contributed by atoms with Crippen LogP contribution in [-0.4, -0.2) is 29.3 Å². The lowest BCUT2D eigenvalue weighted by Crippen LogP contribution is -2.13. The molecule has 1 aromatic heterocycles. The standard InChI is InChI=1S/C28H22N6O4S/c35-34(36)27-18-25(39(37,38)32-23-12-6-2-7-13-23)16-17-26(27)30-29-19-22-20-33(24-14-8-3-9-15-24)31-28(22)21-10-4-1-5-11-21/h1-20,30,32H/b29-19-. The third kappa shape index (κ3) is 5.84. The molecule has 11 heteroatoms. The second-order valence-corrected chi connectivity index (χ2v) is 10.0. The zero-order valence-electron chi connectivity index (χ0n) is 20.4. The summed E-state index contributed by atoms with van der Waals surface area (Å²) < 4.78 is 29.7. The topological polar surface area (TPSA) is 132 Å². The van der Waals surface area contributed by atoms with Crippen LogP contribution in [0.15, 0.2) is 125 Å². The summed E-state index contributed by atoms with van der Waals surface area (Å²) in [4.78, 5) is 10.9. The highest BCUT2D eigenvalue weighted by molar-refractivity contribution is 7.92. The van der Waals surface area contributed by atoms with Gasteiger partial charge in [-0.2, -0.15) is 10.2 Å². The van der Waals surface area contributed by atoms with Crippen LogP contribution < -0.4 is 10.1 Å². The maximum atomic E-state index is 12.8. The molecule has 2 N–H and O–H groups in total. The van der Waals surface area contributed by atoms with E-state index in [0.29, 0.717) is 16.9 Å². The molecule has 0 unspecified atom stereocenters. The summed E-state index contributed by atoms with van der Waals surface area (Å²) in [6.07, 6.45) is 3.32. The lowest BCUT2D eigenvalue weighted by Gasteiger charge is -2.09. The van der Waals surface area contributed by atoms with Crippen molar-refractivity contribution in [1.29, 1.82) is 0 Å². The number of benzene rings is 4. The molecule has 0 spiro atoms. The van der Waals surface area contributed by atoms with Crippen LogP contribution >= 0.6 is 0 Å². The molecule has 0 aliphatic carbocycles. The second kappa shape index (κ2) is 11.0. The molecule has 5 rings (SSSR count). The van der Waals surface area contributed by atoms with E-state index < -0.39 is 20.6 Å². The van der Waals surface area contributed by atoms with E-state index in [2.05, 4.69) is 15.2 Å². The number of nitro benzene ring substituents is 1. The van der Waals surface area contributed by atoms with E-state index in [-0.39, 0.29) is 10.6 Å². The monoisotopic (exact) mass is 538 g/mol. The Balaban J connectivity index is 1.43. The van der Waals surface area contributed by atoms with Crippen LogP contribution in [0.4, 0.5) is 17.1 Å². The fraction of sp³-hybridized carbons (Fsp3) is 0. The van der Waals surface area contributed by atoms with Gasteiger partial charge in [-0.3, -0.25) is 20.3 Å². The maximum absolute atomic E-state index is 12.8. The molecule has 1 heterocycles. The second-order valence-electron chi connectivity index (χ2n) is 8.36. The molecule has 39 heavy (non-hydrogen) atoms. The molecule has 5 aromatic rings. The van der Waals surface area contributed by atoms with Crippen LogP contribution in [0.3, 0.4) is 0 Å². The molecular formula is C28H22N6O4S. The fourth-order valence-electron chi connectivity index (χ4n) is 3.83. The molecule has 10 nitrogen and oxygen atoms in total. The number of sulfonamides is 1. The minimum absolute atomic E-state index is 0.0339. The highest BCUT2D eigenvalue weighted by Gasteiger charge is 2.21. The Morgan fingerprint density at radius 3 is 2.18 bits per heavy atom. The molecule has 0 fully saturated rings. The normalized spacial score (nSPS) is 11.4. The van der Waals surface area contributed by atoms with Gasteiger partial charge < -0.3 is 0 Å². The molecule has 0 aliphatic heterocycles. The zero-order chi connectivity index (χ0) is 27.2. The largest absolute Gasteiger partial charge is 0.295 e. The molecule has 0 saturated carbocycles. The third-order valence-corrected chi connectivity index (χ3v) is 7.08. The number of nitrogens with zero attached hydrogens (tertiary/aromatic N) is 4. The van der Waals surface area contributed by atoms with Crippen LogP contribution in [0.25, 0.3) is 16.9 Å². The van der Waals surface area contributed by atoms with Gasteiger partial charge in [0.1, 0.15) is 11.4 Å². The highest BCUT2D eigenvalue weighted by Crippen LogP contribution is 2.29. The Labute approximate surface area is 224 Å². The minimum Gasteiger partial charge on any atom is -0.280 e. The molecule has 0 aliphatic rings. The lowest BCUT2D eigenvalue weighted by molar-refractivity contribution is -0.384. The predicted octanol–water partition coefficient (Wildman–Crippen LogP) is 5.69. The summed E-state index contributed by atoms with van der Waals surface area (Å²) in [5.74, 6) is 0. The first-order chi connectivity index (χ1) is 18.9. The number of hydrazone groups is 1. The van der Waals surface area contributed by atoms with Crippen LogP contribution in [0.2, 0.25) is 0 Å². The Kier molecular flexibility index (Phi) is 7.15. The van der Waals surface area contributed by atoms with Crippen LogP contribution in [-0.2, 0) is 10.0 Å². The fourth-order valence-corrected chi connectivity index (χ4v) is 4.91. The molecule has 0 saturated heterocycles. The molecule has 0 bridgehead atoms. The van der Waals surface area contributed by atoms with E-state index in [1.165, 1.54) is 18.3 Å². The lowest BCUT2D eigenvalue weighted by atomic mass is 10.1. The van der Waals surface area contributed by atoms with Gasteiger partial charge in [0.2, 0.25) is 0 Å². The zero-order valence-corrected chi connectivity index (χ0v) is 21.2. The number of rotatable bonds is 9. The minimum atomic E-state index is -4.04. The Hall–Kier alpha value is -5.29. The number of nitrogens with one attached hydrogen (secondary N) is 2. The molecule has 194 valence electrons. The van der Waals surface area contributed by atoms with Gasteiger partial charge >= 0.3 is 0 Å². The quantitative estimate of drug-likeness (QED) is 0.141. The third-order valence-electron chi connectivity index (χ3n) is 5.70. The number of aromatic nitrogens is 2. The van der Waals surface area contributed by atoms with Crippen molar-refractivity contribution in [2.45, 2.75) is 4.90 Å². The smallest absolute Gasteiger partial charge is 0.280 e. The Morgan fingerprint density at radius 1 is 0.872 bits per heavy atom. The van der Waals surface area contributed by atoms with Crippen LogP contribution in [0.5, 0.6) is 0 Å². The summed E-state index contributed by atoms with van der Waals surface area (Å²) >= 11 is 0. The van der Waals surface area contributed by atoms with E-state index in [1.54, 1.807) is 35.0 Å². The number of anilines is 2. The number of nitro groups is 1. The van der Waals surface area contributed by atoms with E-state index >= 15 is 0 Å². The summed E-state index contributed by atoms with van der Waals surface area (Å²) in [6, 6.07) is 31.0. The first-order valence-corrected chi connectivity index (χ1v) is 13.2. The van der Waals surface area contributed by atoms with E-state index in [4.69, 9.17) is 5.10 Å². The first kappa shape index (κ1) is 25.4.